The summed E-state index contributed by atoms with van der Waals surface area (Å²) in [5.74, 6) is -0.575. The van der Waals surface area contributed by atoms with Crippen molar-refractivity contribution in [2.24, 2.45) is 5.11 Å². The second kappa shape index (κ2) is 6.52. The number of azide groups is 1. The molecule has 2 atom stereocenters. The molecule has 0 aliphatic rings. The van der Waals surface area contributed by atoms with Crippen molar-refractivity contribution in [1.82, 2.24) is 0 Å². The summed E-state index contributed by atoms with van der Waals surface area (Å²) in [6.45, 7) is 0. The van der Waals surface area contributed by atoms with Crippen LogP contribution in [-0.4, -0.2) is 26.3 Å². The van der Waals surface area contributed by atoms with Crippen LogP contribution >= 0.6 is 0 Å². The maximum Gasteiger partial charge on any atom is 0.335 e. The van der Waals surface area contributed by atoms with E-state index >= 15 is 0 Å². The first-order chi connectivity index (χ1) is 8.24. The number of esters is 1. The zero-order valence-electron chi connectivity index (χ0n) is 9.61. The molecule has 0 bridgehead atoms. The summed E-state index contributed by atoms with van der Waals surface area (Å²) in [6.07, 6.45) is -0.946. The Morgan fingerprint density at radius 1 is 1.35 bits per heavy atom. The van der Waals surface area contributed by atoms with Crippen LogP contribution < -0.4 is 0 Å². The third-order valence-corrected chi connectivity index (χ3v) is 2.29. The zero-order valence-corrected chi connectivity index (χ0v) is 9.61. The highest BCUT2D eigenvalue weighted by molar-refractivity contribution is 5.75. The average molecular weight is 235 g/mol. The van der Waals surface area contributed by atoms with Crippen LogP contribution in [-0.2, 0) is 14.3 Å². The van der Waals surface area contributed by atoms with Gasteiger partial charge < -0.3 is 9.47 Å². The standard InChI is InChI=1S/C11H13N3O3/c1-16-10(11(15)17-2)9(13-14-12)8-6-4-3-5-7-8/h3-7,9-10H,1-2H3/t9-,10+/m1/s1. The van der Waals surface area contributed by atoms with Gasteiger partial charge in [-0.05, 0) is 11.1 Å². The Bertz CT molecular complexity index is 415. The molecule has 6 nitrogen and oxygen atoms in total. The third-order valence-electron chi connectivity index (χ3n) is 2.29. The molecule has 6 heteroatoms. The Morgan fingerprint density at radius 3 is 2.47 bits per heavy atom. The average Bonchev–Trinajstić information content (AvgIpc) is 2.39. The molecular formula is C11H13N3O3. The van der Waals surface area contributed by atoms with Crippen molar-refractivity contribution in [2.45, 2.75) is 12.1 Å². The largest absolute Gasteiger partial charge is 0.467 e. The normalized spacial score (nSPS) is 13.3. The second-order valence-corrected chi connectivity index (χ2v) is 3.24. The van der Waals surface area contributed by atoms with Crippen LogP contribution in [0.15, 0.2) is 35.4 Å². The van der Waals surface area contributed by atoms with Gasteiger partial charge in [-0.2, -0.15) is 0 Å². The smallest absolute Gasteiger partial charge is 0.335 e. The number of rotatable bonds is 5. The van der Waals surface area contributed by atoms with Gasteiger partial charge in [0.25, 0.3) is 0 Å². The van der Waals surface area contributed by atoms with E-state index in [0.717, 1.165) is 0 Å². The van der Waals surface area contributed by atoms with Gasteiger partial charge in [0.2, 0.25) is 0 Å². The minimum atomic E-state index is -0.946. The van der Waals surface area contributed by atoms with Gasteiger partial charge in [0, 0.05) is 12.0 Å². The Balaban J connectivity index is 3.08. The molecular weight excluding hydrogens is 222 g/mol. The van der Waals surface area contributed by atoms with E-state index in [1.807, 2.05) is 6.07 Å². The molecule has 0 aliphatic heterocycles. The maximum absolute atomic E-state index is 11.5. The first-order valence-corrected chi connectivity index (χ1v) is 4.94. The van der Waals surface area contributed by atoms with Gasteiger partial charge in [0.05, 0.1) is 13.2 Å². The predicted molar refractivity (Wildman–Crippen MR) is 61.1 cm³/mol. The van der Waals surface area contributed by atoms with Gasteiger partial charge in [-0.25, -0.2) is 4.79 Å². The molecule has 0 amide bonds. The van der Waals surface area contributed by atoms with Gasteiger partial charge in [-0.15, -0.1) is 0 Å². The van der Waals surface area contributed by atoms with Crippen LogP contribution in [0.2, 0.25) is 0 Å². The molecule has 0 N–H and O–H groups in total. The summed E-state index contributed by atoms with van der Waals surface area (Å²) in [6, 6.07) is 8.19. The molecule has 0 radical (unpaired) electrons. The summed E-state index contributed by atoms with van der Waals surface area (Å²) in [7, 11) is 2.62. The van der Waals surface area contributed by atoms with Gasteiger partial charge in [0.1, 0.15) is 0 Å². The topological polar surface area (TPSA) is 84.3 Å². The summed E-state index contributed by atoms with van der Waals surface area (Å²) in [5.41, 5.74) is 9.24. The lowest BCUT2D eigenvalue weighted by molar-refractivity contribution is -0.153. The summed E-state index contributed by atoms with van der Waals surface area (Å²) in [4.78, 5) is 14.2. The Kier molecular flexibility index (Phi) is 5.00. The molecule has 1 aromatic carbocycles. The van der Waals surface area contributed by atoms with Crippen molar-refractivity contribution in [1.29, 1.82) is 0 Å². The van der Waals surface area contributed by atoms with Crippen LogP contribution in [0, 0.1) is 0 Å². The van der Waals surface area contributed by atoms with Crippen molar-refractivity contribution >= 4 is 5.97 Å². The van der Waals surface area contributed by atoms with Crippen LogP contribution in [0.25, 0.3) is 10.4 Å². The third kappa shape index (κ3) is 3.21. The minimum Gasteiger partial charge on any atom is -0.467 e. The molecule has 17 heavy (non-hydrogen) atoms. The fraction of sp³-hybridized carbons (Fsp3) is 0.364. The van der Waals surface area contributed by atoms with Crippen molar-refractivity contribution in [3.05, 3.63) is 46.3 Å². The van der Waals surface area contributed by atoms with Crippen molar-refractivity contribution in [3.8, 4) is 0 Å². The Morgan fingerprint density at radius 2 is 2.00 bits per heavy atom. The number of nitrogens with zero attached hydrogens (tertiary/aromatic N) is 3. The summed E-state index contributed by atoms with van der Waals surface area (Å²) >= 11 is 0. The molecule has 0 saturated carbocycles. The van der Waals surface area contributed by atoms with E-state index in [0.29, 0.717) is 5.56 Å². The van der Waals surface area contributed by atoms with Crippen molar-refractivity contribution < 1.29 is 14.3 Å². The van der Waals surface area contributed by atoms with Crippen LogP contribution in [0.1, 0.15) is 11.6 Å². The quantitative estimate of drug-likeness (QED) is 0.339. The van der Waals surface area contributed by atoms with Gasteiger partial charge in [0.15, 0.2) is 6.10 Å². The zero-order chi connectivity index (χ0) is 12.7. The molecule has 0 saturated heterocycles. The molecule has 90 valence electrons. The fourth-order valence-corrected chi connectivity index (χ4v) is 1.48. The molecule has 1 rings (SSSR count). The summed E-state index contributed by atoms with van der Waals surface area (Å²) < 4.78 is 9.64. The van der Waals surface area contributed by atoms with Crippen LogP contribution in [0.5, 0.6) is 0 Å². The molecule has 1 aromatic rings. The van der Waals surface area contributed by atoms with E-state index in [9.17, 15) is 4.79 Å². The molecule has 0 heterocycles. The van der Waals surface area contributed by atoms with Crippen molar-refractivity contribution in [3.63, 3.8) is 0 Å². The van der Waals surface area contributed by atoms with E-state index in [1.165, 1.54) is 14.2 Å². The lowest BCUT2D eigenvalue weighted by atomic mass is 10.0. The first-order valence-electron chi connectivity index (χ1n) is 4.94. The molecule has 0 spiro atoms. The van der Waals surface area contributed by atoms with Gasteiger partial charge in [-0.3, -0.25) is 0 Å². The SMILES string of the molecule is COC(=O)[C@@H](OC)[C@H](N=[N+]=[N-])c1ccccc1. The number of benzene rings is 1. The number of hydrogen-bond donors (Lipinski definition) is 0. The van der Waals surface area contributed by atoms with Crippen LogP contribution in [0.3, 0.4) is 0 Å². The fourth-order valence-electron chi connectivity index (χ4n) is 1.48. The molecule has 0 aromatic heterocycles. The number of ether oxygens (including phenoxy) is 2. The van der Waals surface area contributed by atoms with E-state index in [-0.39, 0.29) is 0 Å². The second-order valence-electron chi connectivity index (χ2n) is 3.24. The number of carbonyl (C=O) groups excluding carboxylic acids is 1. The van der Waals surface area contributed by atoms with E-state index in [2.05, 4.69) is 14.8 Å². The van der Waals surface area contributed by atoms with Gasteiger partial charge in [-0.1, -0.05) is 35.4 Å². The van der Waals surface area contributed by atoms with E-state index in [1.54, 1.807) is 24.3 Å². The molecule has 0 aliphatic carbocycles. The highest BCUT2D eigenvalue weighted by Gasteiger charge is 2.29. The Labute approximate surface area is 98.8 Å². The highest BCUT2D eigenvalue weighted by Crippen LogP contribution is 2.24. The minimum absolute atomic E-state index is 0.575. The number of hydrogen-bond acceptors (Lipinski definition) is 4. The van der Waals surface area contributed by atoms with E-state index < -0.39 is 18.1 Å². The maximum atomic E-state index is 11.5. The first kappa shape index (κ1) is 13.0. The van der Waals surface area contributed by atoms with Crippen LogP contribution in [0.4, 0.5) is 0 Å². The van der Waals surface area contributed by atoms with Gasteiger partial charge >= 0.3 is 5.97 Å². The molecule has 0 unspecified atom stereocenters. The molecule has 0 fully saturated rings. The predicted octanol–water partition coefficient (Wildman–Crippen LogP) is 2.23. The lowest BCUT2D eigenvalue weighted by Gasteiger charge is -2.19. The van der Waals surface area contributed by atoms with E-state index in [4.69, 9.17) is 10.3 Å². The highest BCUT2D eigenvalue weighted by atomic mass is 16.6. The number of carbonyl (C=O) groups is 1. The Hall–Kier alpha value is -2.04. The lowest BCUT2D eigenvalue weighted by Crippen LogP contribution is -2.30. The summed E-state index contributed by atoms with van der Waals surface area (Å²) in [5, 5.41) is 3.59. The monoisotopic (exact) mass is 235 g/mol. The van der Waals surface area contributed by atoms with Crippen molar-refractivity contribution in [2.75, 3.05) is 14.2 Å². The number of methoxy groups -OCH3 is 2.